The van der Waals surface area contributed by atoms with Gasteiger partial charge in [0, 0.05) is 26.2 Å². The highest BCUT2D eigenvalue weighted by molar-refractivity contribution is 5.95. The Morgan fingerprint density at radius 2 is 1.47 bits per heavy atom. The number of carbonyl (C=O) groups is 6. The molecule has 0 aromatic heterocycles. The number of aliphatic imine (C=N–C) groups is 2. The van der Waals surface area contributed by atoms with E-state index in [-0.39, 0.29) is 87.8 Å². The summed E-state index contributed by atoms with van der Waals surface area (Å²) in [6, 6.07) is 1.07. The Balaban J connectivity index is 2.37. The number of guanidine groups is 2. The lowest BCUT2D eigenvalue weighted by Gasteiger charge is -2.33. The van der Waals surface area contributed by atoms with E-state index in [2.05, 4.69) is 25.9 Å². The number of phenols is 1. The Labute approximate surface area is 346 Å². The van der Waals surface area contributed by atoms with Gasteiger partial charge in [0.1, 0.15) is 29.9 Å². The zero-order valence-corrected chi connectivity index (χ0v) is 34.8. The Morgan fingerprint density at radius 1 is 0.881 bits per heavy atom. The van der Waals surface area contributed by atoms with Crippen LogP contribution in [0.15, 0.2) is 34.3 Å². The molecular weight excluding hydrogens is 765 g/mol. The Kier molecular flexibility index (Phi) is 20.9. The molecule has 1 aliphatic rings. The number of carboxylic acid groups (broad SMARTS) is 1. The van der Waals surface area contributed by atoms with Crippen molar-refractivity contribution < 1.29 is 39.0 Å². The Morgan fingerprint density at radius 3 is 2.03 bits per heavy atom. The van der Waals surface area contributed by atoms with Crippen LogP contribution in [0.1, 0.15) is 84.6 Å². The average molecular weight is 831 g/mol. The molecule has 20 heteroatoms. The second-order valence-corrected chi connectivity index (χ2v) is 15.4. The lowest BCUT2D eigenvalue weighted by atomic mass is 9.97. The topological polar surface area (TPSA) is 340 Å². The van der Waals surface area contributed by atoms with Gasteiger partial charge in [0.05, 0.1) is 12.6 Å². The van der Waals surface area contributed by atoms with E-state index in [0.29, 0.717) is 25.7 Å². The van der Waals surface area contributed by atoms with E-state index in [4.69, 9.17) is 28.7 Å². The minimum Gasteiger partial charge on any atom is -0.508 e. The maximum Gasteiger partial charge on any atom is 0.326 e. The molecule has 0 radical (unpaired) electrons. The Hall–Kier alpha value is -5.66. The number of hydrogen-bond donors (Lipinski definition) is 10. The number of nitrogens with zero attached hydrogens (tertiary/aromatic N) is 4. The molecular formula is C39H66N12O8. The summed E-state index contributed by atoms with van der Waals surface area (Å²) in [5.74, 6) is -4.69. The predicted octanol–water partition coefficient (Wildman–Crippen LogP) is -1.18. The number of nitrogens with one attached hydrogen (secondary N) is 3. The number of amides is 5. The first kappa shape index (κ1) is 49.5. The van der Waals surface area contributed by atoms with Gasteiger partial charge in [-0.1, -0.05) is 46.2 Å². The van der Waals surface area contributed by atoms with Gasteiger partial charge in [0.25, 0.3) is 0 Å². The van der Waals surface area contributed by atoms with Crippen molar-refractivity contribution in [1.29, 1.82) is 0 Å². The molecule has 1 aromatic rings. The van der Waals surface area contributed by atoms with Gasteiger partial charge < -0.3 is 64.6 Å². The zero-order valence-electron chi connectivity index (χ0n) is 34.8. The lowest BCUT2D eigenvalue weighted by Crippen LogP contribution is -2.58. The highest BCUT2D eigenvalue weighted by Gasteiger charge is 2.40. The third-order valence-corrected chi connectivity index (χ3v) is 10.1. The van der Waals surface area contributed by atoms with Crippen LogP contribution in [0.4, 0.5) is 0 Å². The summed E-state index contributed by atoms with van der Waals surface area (Å²) in [7, 11) is 0. The average Bonchev–Trinajstić information content (AvgIpc) is 3.67. The number of phenolic OH excluding ortho intramolecular Hbond substituents is 1. The molecule has 0 aliphatic carbocycles. The van der Waals surface area contributed by atoms with Crippen molar-refractivity contribution >= 4 is 47.4 Å². The number of nitrogens with two attached hydrogens (primary N) is 5. The number of carboxylic acids is 1. The third-order valence-electron chi connectivity index (χ3n) is 10.1. The summed E-state index contributed by atoms with van der Waals surface area (Å²) in [6.45, 7) is 7.47. The quantitative estimate of drug-likeness (QED) is 0.0316. The van der Waals surface area contributed by atoms with Crippen molar-refractivity contribution in [3.8, 4) is 5.75 Å². The van der Waals surface area contributed by atoms with Crippen LogP contribution in [0.2, 0.25) is 0 Å². The van der Waals surface area contributed by atoms with Gasteiger partial charge in [-0.05, 0) is 80.9 Å². The van der Waals surface area contributed by atoms with Crippen molar-refractivity contribution in [2.24, 2.45) is 50.5 Å². The molecule has 0 spiro atoms. The molecule has 20 nitrogen and oxygen atoms in total. The highest BCUT2D eigenvalue weighted by atomic mass is 16.4. The number of likely N-dealkylation sites (tertiary alicyclic amines) is 1. The molecule has 1 heterocycles. The van der Waals surface area contributed by atoms with Crippen molar-refractivity contribution in [1.82, 2.24) is 25.8 Å². The molecule has 330 valence electrons. The van der Waals surface area contributed by atoms with E-state index >= 15 is 0 Å². The molecule has 2 rings (SSSR count). The first-order chi connectivity index (χ1) is 27.8. The van der Waals surface area contributed by atoms with E-state index < -0.39 is 72.3 Å². The number of aliphatic carboxylic acids is 1. The molecule has 5 amide bonds. The van der Waals surface area contributed by atoms with Gasteiger partial charge in [-0.25, -0.2) is 4.79 Å². The standard InChI is InChI=1S/C39H66N12O8/c1-5-24(4)32(34(55)48-29(37(58)59)21-23(2)3)49-31(53)22-50(20-16-25-12-14-26(52)15-13-25)36(57)30-11-8-19-51(30)35(56)28(10-7-18-46-39(43)44)47-33(54)27(40)9-6-17-45-38(41)42/h12-15,23-24,27-30,32,52H,5-11,16-22,40H2,1-4H3,(H,47,54)(H,48,55)(H,49,53)(H,58,59)(H4,41,42,45)(H4,43,44,46)/t24-,27-,28-,29-,30-,32-/m0/s1. The normalized spacial score (nSPS) is 16.2. The number of hydrogen-bond acceptors (Lipinski definition) is 10. The molecule has 15 N–H and O–H groups in total. The van der Waals surface area contributed by atoms with Gasteiger partial charge in [-0.2, -0.15) is 0 Å². The van der Waals surface area contributed by atoms with Gasteiger partial charge in [0.2, 0.25) is 29.5 Å². The smallest absolute Gasteiger partial charge is 0.326 e. The zero-order chi connectivity index (χ0) is 44.2. The van der Waals surface area contributed by atoms with E-state index in [1.807, 2.05) is 20.8 Å². The fraction of sp³-hybridized carbons (Fsp3) is 0.641. The largest absolute Gasteiger partial charge is 0.508 e. The maximum absolute atomic E-state index is 14.5. The molecule has 6 atom stereocenters. The second kappa shape index (κ2) is 25.0. The van der Waals surface area contributed by atoms with Crippen LogP contribution in [0.5, 0.6) is 5.75 Å². The molecule has 0 unspecified atom stereocenters. The highest BCUT2D eigenvalue weighted by Crippen LogP contribution is 2.23. The van der Waals surface area contributed by atoms with Crippen LogP contribution in [0.25, 0.3) is 0 Å². The van der Waals surface area contributed by atoms with Crippen molar-refractivity contribution in [3.05, 3.63) is 29.8 Å². The molecule has 59 heavy (non-hydrogen) atoms. The van der Waals surface area contributed by atoms with E-state index in [1.54, 1.807) is 19.1 Å². The first-order valence-electron chi connectivity index (χ1n) is 20.2. The number of rotatable bonds is 25. The van der Waals surface area contributed by atoms with Gasteiger partial charge >= 0.3 is 5.97 Å². The number of aromatic hydroxyl groups is 1. The summed E-state index contributed by atoms with van der Waals surface area (Å²) < 4.78 is 0. The van der Waals surface area contributed by atoms with Crippen LogP contribution in [0.3, 0.4) is 0 Å². The minimum absolute atomic E-state index is 0.0232. The van der Waals surface area contributed by atoms with Crippen LogP contribution in [-0.4, -0.2) is 130 Å². The summed E-state index contributed by atoms with van der Waals surface area (Å²) in [4.78, 5) is 91.7. The third kappa shape index (κ3) is 17.4. The van der Waals surface area contributed by atoms with Crippen molar-refractivity contribution in [3.63, 3.8) is 0 Å². The van der Waals surface area contributed by atoms with Crippen molar-refractivity contribution in [2.45, 2.75) is 116 Å². The van der Waals surface area contributed by atoms with Gasteiger partial charge in [-0.15, -0.1) is 0 Å². The SMILES string of the molecule is CC[C@H](C)[C@H](NC(=O)CN(CCc1ccc(O)cc1)C(=O)[C@@H]1CCCN1C(=O)[C@H](CCCN=C(N)N)NC(=O)[C@@H](N)CCCN=C(N)N)C(=O)N[C@@H](CC(C)C)C(=O)O. The van der Waals surface area contributed by atoms with E-state index in [0.717, 1.165) is 5.56 Å². The van der Waals surface area contributed by atoms with Crippen molar-refractivity contribution in [2.75, 3.05) is 32.7 Å². The van der Waals surface area contributed by atoms with E-state index in [9.17, 15) is 39.0 Å². The molecule has 1 aromatic carbocycles. The molecule has 0 bridgehead atoms. The van der Waals surface area contributed by atoms with Gasteiger partial charge in [-0.3, -0.25) is 34.0 Å². The van der Waals surface area contributed by atoms with Crippen LogP contribution in [-0.2, 0) is 35.2 Å². The summed E-state index contributed by atoms with van der Waals surface area (Å²) in [5, 5.41) is 27.6. The lowest BCUT2D eigenvalue weighted by molar-refractivity contribution is -0.147. The molecule has 0 saturated carbocycles. The molecule has 1 fully saturated rings. The molecule has 1 saturated heterocycles. The van der Waals surface area contributed by atoms with E-state index in [1.165, 1.54) is 21.9 Å². The summed E-state index contributed by atoms with van der Waals surface area (Å²) in [6.07, 6.45) is 2.80. The fourth-order valence-electron chi connectivity index (χ4n) is 6.63. The molecule has 1 aliphatic heterocycles. The van der Waals surface area contributed by atoms with Crippen LogP contribution < -0.4 is 44.6 Å². The summed E-state index contributed by atoms with van der Waals surface area (Å²) in [5.41, 5.74) is 28.6. The van der Waals surface area contributed by atoms with Crippen LogP contribution in [0, 0.1) is 11.8 Å². The summed E-state index contributed by atoms with van der Waals surface area (Å²) >= 11 is 0. The first-order valence-corrected chi connectivity index (χ1v) is 20.2. The fourth-order valence-corrected chi connectivity index (χ4v) is 6.63. The number of benzene rings is 1. The predicted molar refractivity (Wildman–Crippen MR) is 223 cm³/mol. The Bertz CT molecular complexity index is 1610. The monoisotopic (exact) mass is 831 g/mol. The van der Waals surface area contributed by atoms with Crippen LogP contribution >= 0.6 is 0 Å². The van der Waals surface area contributed by atoms with Gasteiger partial charge in [0.15, 0.2) is 11.9 Å². The number of carbonyl (C=O) groups excluding carboxylic acids is 5. The minimum atomic E-state index is -1.19. The second-order valence-electron chi connectivity index (χ2n) is 15.4. The maximum atomic E-state index is 14.5.